The smallest absolute Gasteiger partial charge is 0.326 e. The molecule has 2 amide bonds. The lowest BCUT2D eigenvalue weighted by molar-refractivity contribution is -0.131. The maximum absolute atomic E-state index is 12.4. The molecule has 0 saturated carbocycles. The quantitative estimate of drug-likeness (QED) is 0.721. The highest BCUT2D eigenvalue weighted by atomic mass is 32.1. The van der Waals surface area contributed by atoms with Gasteiger partial charge in [-0.25, -0.2) is 4.79 Å². The van der Waals surface area contributed by atoms with Crippen LogP contribution in [0.1, 0.15) is 29.2 Å². The SMILES string of the molecule is O=C(NCC(=O)N1CCC(n2c(=O)[nH]c3ccccc32)CC1)c1ccsc1. The fourth-order valence-corrected chi connectivity index (χ4v) is 4.21. The number of amides is 2. The zero-order valence-corrected chi connectivity index (χ0v) is 15.5. The van der Waals surface area contributed by atoms with E-state index < -0.39 is 0 Å². The van der Waals surface area contributed by atoms with Gasteiger partial charge in [0.05, 0.1) is 17.6 Å². The Morgan fingerprint density at radius 3 is 2.70 bits per heavy atom. The molecule has 0 aliphatic carbocycles. The molecular formula is C19H20N4O3S. The lowest BCUT2D eigenvalue weighted by atomic mass is 10.0. The van der Waals surface area contributed by atoms with Crippen LogP contribution in [0.4, 0.5) is 0 Å². The average molecular weight is 384 g/mol. The van der Waals surface area contributed by atoms with Gasteiger partial charge in [-0.1, -0.05) is 12.1 Å². The van der Waals surface area contributed by atoms with Crippen LogP contribution < -0.4 is 11.0 Å². The molecule has 4 rings (SSSR count). The first-order chi connectivity index (χ1) is 13.1. The molecule has 8 heteroatoms. The van der Waals surface area contributed by atoms with Crippen molar-refractivity contribution in [2.24, 2.45) is 0 Å². The fraction of sp³-hybridized carbons (Fsp3) is 0.316. The molecule has 0 spiro atoms. The number of hydrogen-bond acceptors (Lipinski definition) is 4. The number of piperidine rings is 1. The molecule has 2 aromatic heterocycles. The van der Waals surface area contributed by atoms with Crippen molar-refractivity contribution in [3.05, 3.63) is 57.1 Å². The van der Waals surface area contributed by atoms with Gasteiger partial charge in [-0.2, -0.15) is 11.3 Å². The third-order valence-electron chi connectivity index (χ3n) is 4.99. The van der Waals surface area contributed by atoms with Gasteiger partial charge in [-0.05, 0) is 36.4 Å². The molecule has 27 heavy (non-hydrogen) atoms. The van der Waals surface area contributed by atoms with E-state index in [-0.39, 0.29) is 30.1 Å². The number of carbonyl (C=O) groups excluding carboxylic acids is 2. The number of fused-ring (bicyclic) bond motifs is 1. The zero-order chi connectivity index (χ0) is 18.8. The van der Waals surface area contributed by atoms with E-state index in [2.05, 4.69) is 10.3 Å². The third kappa shape index (κ3) is 3.52. The number of thiophene rings is 1. The summed E-state index contributed by atoms with van der Waals surface area (Å²) in [6.45, 7) is 1.14. The van der Waals surface area contributed by atoms with Crippen molar-refractivity contribution in [1.82, 2.24) is 19.8 Å². The number of H-pyrrole nitrogens is 1. The minimum atomic E-state index is -0.232. The summed E-state index contributed by atoms with van der Waals surface area (Å²) in [5.41, 5.74) is 2.20. The number of benzene rings is 1. The molecule has 1 aliphatic rings. The second-order valence-corrected chi connectivity index (χ2v) is 7.40. The Kier molecular flexibility index (Phi) is 4.81. The van der Waals surface area contributed by atoms with Crippen LogP contribution in [-0.2, 0) is 4.79 Å². The van der Waals surface area contributed by atoms with E-state index >= 15 is 0 Å². The highest BCUT2D eigenvalue weighted by molar-refractivity contribution is 7.08. The van der Waals surface area contributed by atoms with Crippen molar-refractivity contribution in [2.45, 2.75) is 18.9 Å². The zero-order valence-electron chi connectivity index (χ0n) is 14.7. The summed E-state index contributed by atoms with van der Waals surface area (Å²) >= 11 is 1.44. The maximum atomic E-state index is 12.4. The fourth-order valence-electron chi connectivity index (χ4n) is 3.57. The average Bonchev–Trinajstić information content (AvgIpc) is 3.33. The molecule has 0 bridgehead atoms. The lowest BCUT2D eigenvalue weighted by Crippen LogP contribution is -2.45. The topological polar surface area (TPSA) is 87.2 Å². The van der Waals surface area contributed by atoms with Crippen molar-refractivity contribution < 1.29 is 9.59 Å². The monoisotopic (exact) mass is 384 g/mol. The number of nitrogens with zero attached hydrogens (tertiary/aromatic N) is 2. The van der Waals surface area contributed by atoms with Crippen molar-refractivity contribution in [3.8, 4) is 0 Å². The standard InChI is InChI=1S/C19H20N4O3S/c24-17(11-20-18(25)13-7-10-27-12-13)22-8-5-14(6-9-22)23-16-4-2-1-3-15(16)21-19(23)26/h1-4,7,10,12,14H,5-6,8-9,11H2,(H,20,25)(H,21,26). The number of carbonyl (C=O) groups is 2. The summed E-state index contributed by atoms with van der Waals surface area (Å²) in [7, 11) is 0. The summed E-state index contributed by atoms with van der Waals surface area (Å²) in [6, 6.07) is 9.44. The van der Waals surface area contributed by atoms with Gasteiger partial charge in [-0.3, -0.25) is 14.2 Å². The van der Waals surface area contributed by atoms with E-state index in [4.69, 9.17) is 0 Å². The lowest BCUT2D eigenvalue weighted by Gasteiger charge is -2.32. The predicted octanol–water partition coefficient (Wildman–Crippen LogP) is 1.98. The summed E-state index contributed by atoms with van der Waals surface area (Å²) in [6.07, 6.45) is 1.43. The van der Waals surface area contributed by atoms with Gasteiger partial charge in [-0.15, -0.1) is 0 Å². The molecule has 0 radical (unpaired) electrons. The van der Waals surface area contributed by atoms with Gasteiger partial charge < -0.3 is 15.2 Å². The maximum Gasteiger partial charge on any atom is 0.326 e. The van der Waals surface area contributed by atoms with Crippen LogP contribution in [0.5, 0.6) is 0 Å². The number of rotatable bonds is 4. The number of imidazole rings is 1. The van der Waals surface area contributed by atoms with E-state index in [1.54, 1.807) is 20.9 Å². The minimum absolute atomic E-state index is 0.00756. The highest BCUT2D eigenvalue weighted by Gasteiger charge is 2.26. The van der Waals surface area contributed by atoms with E-state index in [1.807, 2.05) is 29.6 Å². The Morgan fingerprint density at radius 1 is 1.19 bits per heavy atom. The molecule has 140 valence electrons. The van der Waals surface area contributed by atoms with Gasteiger partial charge in [0.1, 0.15) is 0 Å². The van der Waals surface area contributed by atoms with E-state index in [0.29, 0.717) is 31.5 Å². The van der Waals surface area contributed by atoms with Crippen molar-refractivity contribution in [2.75, 3.05) is 19.6 Å². The molecule has 0 atom stereocenters. The first-order valence-corrected chi connectivity index (χ1v) is 9.85. The summed E-state index contributed by atoms with van der Waals surface area (Å²) < 4.78 is 1.80. The minimum Gasteiger partial charge on any atom is -0.343 e. The summed E-state index contributed by atoms with van der Waals surface area (Å²) in [5, 5.41) is 6.25. The normalized spacial score (nSPS) is 15.2. The Morgan fingerprint density at radius 2 is 1.96 bits per heavy atom. The van der Waals surface area contributed by atoms with Crippen molar-refractivity contribution >= 4 is 34.2 Å². The number of aromatic nitrogens is 2. The number of aromatic amines is 1. The van der Waals surface area contributed by atoms with Crippen LogP contribution in [-0.4, -0.2) is 45.9 Å². The number of para-hydroxylation sites is 2. The number of likely N-dealkylation sites (tertiary alicyclic amines) is 1. The molecule has 3 aromatic rings. The van der Waals surface area contributed by atoms with Crippen molar-refractivity contribution in [1.29, 1.82) is 0 Å². The van der Waals surface area contributed by atoms with Crippen molar-refractivity contribution in [3.63, 3.8) is 0 Å². The van der Waals surface area contributed by atoms with Gasteiger partial charge >= 0.3 is 5.69 Å². The second-order valence-electron chi connectivity index (χ2n) is 6.62. The molecule has 1 fully saturated rings. The number of hydrogen-bond donors (Lipinski definition) is 2. The Hall–Kier alpha value is -2.87. The Labute approximate surface area is 159 Å². The number of nitrogens with one attached hydrogen (secondary N) is 2. The van der Waals surface area contributed by atoms with E-state index in [1.165, 1.54) is 11.3 Å². The molecule has 1 aliphatic heterocycles. The van der Waals surface area contributed by atoms with Crippen LogP contribution >= 0.6 is 11.3 Å². The molecule has 3 heterocycles. The highest BCUT2D eigenvalue weighted by Crippen LogP contribution is 2.24. The van der Waals surface area contributed by atoms with Gasteiger partial charge in [0.15, 0.2) is 0 Å². The Bertz CT molecular complexity index is 1010. The molecule has 7 nitrogen and oxygen atoms in total. The van der Waals surface area contributed by atoms with Gasteiger partial charge in [0.2, 0.25) is 5.91 Å². The van der Waals surface area contributed by atoms with Crippen LogP contribution in [0.25, 0.3) is 11.0 Å². The summed E-state index contributed by atoms with van der Waals surface area (Å²) in [4.78, 5) is 41.3. The molecule has 1 saturated heterocycles. The molecule has 0 unspecified atom stereocenters. The molecule has 1 aromatic carbocycles. The first-order valence-electron chi connectivity index (χ1n) is 8.91. The first kappa shape index (κ1) is 17.5. The molecule has 2 N–H and O–H groups in total. The van der Waals surface area contributed by atoms with Gasteiger partial charge in [0, 0.05) is 30.1 Å². The van der Waals surface area contributed by atoms with Crippen LogP contribution in [0.15, 0.2) is 45.9 Å². The second kappa shape index (κ2) is 7.40. The Balaban J connectivity index is 1.36. The molecular weight excluding hydrogens is 364 g/mol. The largest absolute Gasteiger partial charge is 0.343 e. The van der Waals surface area contributed by atoms with E-state index in [9.17, 15) is 14.4 Å². The predicted molar refractivity (Wildman–Crippen MR) is 104 cm³/mol. The van der Waals surface area contributed by atoms with Crippen LogP contribution in [0.3, 0.4) is 0 Å². The van der Waals surface area contributed by atoms with E-state index in [0.717, 1.165) is 11.0 Å². The van der Waals surface area contributed by atoms with Crippen LogP contribution in [0, 0.1) is 0 Å². The summed E-state index contributed by atoms with van der Waals surface area (Å²) in [5.74, 6) is -0.326. The third-order valence-corrected chi connectivity index (χ3v) is 5.67. The van der Waals surface area contributed by atoms with Crippen LogP contribution in [0.2, 0.25) is 0 Å². The van der Waals surface area contributed by atoms with Gasteiger partial charge in [0.25, 0.3) is 5.91 Å².